The zero-order chi connectivity index (χ0) is 13.0. The molecule has 3 aliphatic rings. The van der Waals surface area contributed by atoms with Crippen LogP contribution in [0.2, 0.25) is 0 Å². The Hall–Kier alpha value is -0.610. The van der Waals surface area contributed by atoms with Gasteiger partial charge in [-0.15, -0.1) is 0 Å². The molecule has 0 heterocycles. The van der Waals surface area contributed by atoms with Gasteiger partial charge in [-0.1, -0.05) is 12.8 Å². The van der Waals surface area contributed by atoms with Crippen molar-refractivity contribution >= 4 is 5.97 Å². The maximum absolute atomic E-state index is 11.4. The fourth-order valence-corrected chi connectivity index (χ4v) is 4.89. The third-order valence-electron chi connectivity index (χ3n) is 5.44. The minimum absolute atomic E-state index is 0.0667. The minimum atomic E-state index is -1.01. The first-order valence-electron chi connectivity index (χ1n) is 7.12. The van der Waals surface area contributed by atoms with Crippen molar-refractivity contribution < 1.29 is 19.7 Å². The lowest BCUT2D eigenvalue weighted by molar-refractivity contribution is -0.345. The number of esters is 1. The third kappa shape index (κ3) is 1.36. The fraction of sp³-hybridized carbons (Fsp3) is 0.929. The molecule has 0 spiro atoms. The minimum Gasteiger partial charge on any atom is -0.458 e. The van der Waals surface area contributed by atoms with Gasteiger partial charge in [-0.05, 0) is 32.1 Å². The van der Waals surface area contributed by atoms with Crippen LogP contribution in [0.4, 0.5) is 0 Å². The van der Waals surface area contributed by atoms with E-state index in [1.54, 1.807) is 0 Å². The highest BCUT2D eigenvalue weighted by atomic mass is 16.6. The van der Waals surface area contributed by atoms with Crippen molar-refractivity contribution in [3.05, 3.63) is 0 Å². The van der Waals surface area contributed by atoms with Crippen LogP contribution < -0.4 is 0 Å². The zero-order valence-electron chi connectivity index (χ0n) is 10.9. The molecule has 0 saturated heterocycles. The van der Waals surface area contributed by atoms with E-state index in [0.29, 0.717) is 6.42 Å². The lowest BCUT2D eigenvalue weighted by Crippen LogP contribution is -2.80. The van der Waals surface area contributed by atoms with E-state index >= 15 is 0 Å². The molecule has 3 rings (SSSR count). The average Bonchev–Trinajstić information content (AvgIpc) is 2.31. The molecule has 3 aliphatic carbocycles. The molecule has 0 radical (unpaired) electrons. The fourth-order valence-electron chi connectivity index (χ4n) is 4.89. The highest BCUT2D eigenvalue weighted by Crippen LogP contribution is 2.65. The molecule has 0 bridgehead atoms. The molecule has 0 aromatic carbocycles. The Bertz CT molecular complexity index is 355. The molecule has 102 valence electrons. The van der Waals surface area contributed by atoms with Gasteiger partial charge in [0, 0.05) is 18.8 Å². The predicted octanol–water partition coefficient (Wildman–Crippen LogP) is 1.38. The number of aliphatic hydroxyl groups excluding tert-OH is 1. The summed E-state index contributed by atoms with van der Waals surface area (Å²) in [6.45, 7) is 1.44. The van der Waals surface area contributed by atoms with Gasteiger partial charge in [-0.2, -0.15) is 0 Å². The zero-order valence-corrected chi connectivity index (χ0v) is 10.9. The van der Waals surface area contributed by atoms with Gasteiger partial charge in [0.05, 0.1) is 6.10 Å². The van der Waals surface area contributed by atoms with Crippen molar-refractivity contribution in [3.8, 4) is 0 Å². The Morgan fingerprint density at radius 1 is 1.17 bits per heavy atom. The second kappa shape index (κ2) is 3.94. The number of aliphatic hydroxyl groups is 2. The molecule has 5 atom stereocenters. The van der Waals surface area contributed by atoms with Crippen LogP contribution in [-0.4, -0.2) is 33.5 Å². The summed E-state index contributed by atoms with van der Waals surface area (Å²) in [5.74, 6) is -0.394. The first-order valence-corrected chi connectivity index (χ1v) is 7.12. The van der Waals surface area contributed by atoms with Gasteiger partial charge in [0.1, 0.15) is 11.2 Å². The lowest BCUT2D eigenvalue weighted by atomic mass is 9.41. The van der Waals surface area contributed by atoms with E-state index in [4.69, 9.17) is 4.74 Å². The highest BCUT2D eigenvalue weighted by molar-refractivity contribution is 5.67. The summed E-state index contributed by atoms with van der Waals surface area (Å²) >= 11 is 0. The SMILES string of the molecule is CC(=O)O[C@@]12CCCC[C@H]1[C@@]1(O)[C@@H]2CCC[C@@H]1O. The smallest absolute Gasteiger partial charge is 0.303 e. The topological polar surface area (TPSA) is 66.8 Å². The summed E-state index contributed by atoms with van der Waals surface area (Å²) in [4.78, 5) is 11.4. The summed E-state index contributed by atoms with van der Waals surface area (Å²) in [5, 5.41) is 21.0. The normalized spacial score (nSPS) is 50.7. The van der Waals surface area contributed by atoms with Crippen LogP contribution >= 0.6 is 0 Å². The Morgan fingerprint density at radius 3 is 2.50 bits per heavy atom. The second-order valence-electron chi connectivity index (χ2n) is 6.23. The van der Waals surface area contributed by atoms with E-state index in [1.807, 2.05) is 0 Å². The molecule has 2 N–H and O–H groups in total. The number of fused-ring (bicyclic) bond motifs is 4. The van der Waals surface area contributed by atoms with Gasteiger partial charge in [-0.3, -0.25) is 4.79 Å². The number of carbonyl (C=O) groups excluding carboxylic acids is 1. The molecule has 4 nitrogen and oxygen atoms in total. The predicted molar refractivity (Wildman–Crippen MR) is 64.8 cm³/mol. The molecular formula is C14H22O4. The summed E-state index contributed by atoms with van der Waals surface area (Å²) in [6.07, 6.45) is 5.58. The standard InChI is InChI=1S/C14H22O4/c1-9(15)18-13-8-3-2-5-10(13)14(17)11(13)6-4-7-12(14)16/h10-12,16-17H,2-8H2,1H3/t10-,11-,12+,13+,14-/m1/s1. The van der Waals surface area contributed by atoms with Crippen LogP contribution in [0.25, 0.3) is 0 Å². The summed E-state index contributed by atoms with van der Waals surface area (Å²) in [5.41, 5.74) is -1.49. The van der Waals surface area contributed by atoms with Gasteiger partial charge >= 0.3 is 5.97 Å². The molecule has 0 aromatic rings. The summed E-state index contributed by atoms with van der Waals surface area (Å²) in [7, 11) is 0. The van der Waals surface area contributed by atoms with Crippen molar-refractivity contribution in [1.29, 1.82) is 0 Å². The van der Waals surface area contributed by atoms with Crippen molar-refractivity contribution in [2.45, 2.75) is 69.2 Å². The first kappa shape index (κ1) is 12.4. The van der Waals surface area contributed by atoms with E-state index in [0.717, 1.165) is 38.5 Å². The third-order valence-corrected chi connectivity index (χ3v) is 5.44. The van der Waals surface area contributed by atoms with Crippen LogP contribution in [0.3, 0.4) is 0 Å². The molecule has 3 fully saturated rings. The maximum atomic E-state index is 11.4. The molecular weight excluding hydrogens is 232 g/mol. The molecule has 0 aromatic heterocycles. The molecule has 18 heavy (non-hydrogen) atoms. The van der Waals surface area contributed by atoms with E-state index in [1.165, 1.54) is 6.92 Å². The number of ether oxygens (including phenoxy) is 1. The molecule has 4 heteroatoms. The molecule has 0 amide bonds. The van der Waals surface area contributed by atoms with E-state index in [2.05, 4.69) is 0 Å². The molecule has 0 aliphatic heterocycles. The molecule has 3 saturated carbocycles. The van der Waals surface area contributed by atoms with Crippen molar-refractivity contribution in [2.24, 2.45) is 11.8 Å². The van der Waals surface area contributed by atoms with Crippen LogP contribution in [0, 0.1) is 11.8 Å². The number of rotatable bonds is 1. The number of carbonyl (C=O) groups is 1. The van der Waals surface area contributed by atoms with Crippen LogP contribution in [-0.2, 0) is 9.53 Å². The highest BCUT2D eigenvalue weighted by Gasteiger charge is 2.75. The van der Waals surface area contributed by atoms with Gasteiger partial charge in [0.15, 0.2) is 0 Å². The quantitative estimate of drug-likeness (QED) is 0.694. The van der Waals surface area contributed by atoms with Crippen molar-refractivity contribution in [2.75, 3.05) is 0 Å². The van der Waals surface area contributed by atoms with Crippen molar-refractivity contribution in [1.82, 2.24) is 0 Å². The Kier molecular flexibility index (Phi) is 2.72. The first-order chi connectivity index (χ1) is 8.52. The number of hydrogen-bond acceptors (Lipinski definition) is 4. The van der Waals surface area contributed by atoms with Gasteiger partial charge in [-0.25, -0.2) is 0 Å². The van der Waals surface area contributed by atoms with Crippen LogP contribution in [0.15, 0.2) is 0 Å². The maximum Gasteiger partial charge on any atom is 0.303 e. The Balaban J connectivity index is 1.94. The lowest BCUT2D eigenvalue weighted by Gasteiger charge is -2.69. The summed E-state index contributed by atoms with van der Waals surface area (Å²) < 4.78 is 5.65. The van der Waals surface area contributed by atoms with Crippen LogP contribution in [0.5, 0.6) is 0 Å². The second-order valence-corrected chi connectivity index (χ2v) is 6.23. The Labute approximate surface area is 107 Å². The summed E-state index contributed by atoms with van der Waals surface area (Å²) in [6, 6.07) is 0. The van der Waals surface area contributed by atoms with Crippen molar-refractivity contribution in [3.63, 3.8) is 0 Å². The van der Waals surface area contributed by atoms with Gasteiger partial charge in [0.2, 0.25) is 0 Å². The number of hydrogen-bond donors (Lipinski definition) is 2. The largest absolute Gasteiger partial charge is 0.458 e. The average molecular weight is 254 g/mol. The Morgan fingerprint density at radius 2 is 1.83 bits per heavy atom. The van der Waals surface area contributed by atoms with Gasteiger partial charge < -0.3 is 14.9 Å². The van der Waals surface area contributed by atoms with Crippen LogP contribution in [0.1, 0.15) is 51.9 Å². The van der Waals surface area contributed by atoms with E-state index < -0.39 is 17.3 Å². The van der Waals surface area contributed by atoms with E-state index in [-0.39, 0.29) is 17.8 Å². The van der Waals surface area contributed by atoms with E-state index in [9.17, 15) is 15.0 Å². The molecule has 0 unspecified atom stereocenters. The van der Waals surface area contributed by atoms with Gasteiger partial charge in [0.25, 0.3) is 0 Å². The monoisotopic (exact) mass is 254 g/mol.